The molecule has 0 saturated carbocycles. The zero-order chi connectivity index (χ0) is 16.8. The molecule has 0 heterocycles. The van der Waals surface area contributed by atoms with Crippen molar-refractivity contribution in [2.75, 3.05) is 7.11 Å². The summed E-state index contributed by atoms with van der Waals surface area (Å²) in [5.74, 6) is -1.07. The van der Waals surface area contributed by atoms with Crippen molar-refractivity contribution in [2.45, 2.75) is 12.5 Å². The molecular weight excluding hydrogens is 318 g/mol. The zero-order valence-corrected chi connectivity index (χ0v) is 13.2. The molecule has 1 unspecified atom stereocenters. The maximum Gasteiger partial charge on any atom is 0.253 e. The summed E-state index contributed by atoms with van der Waals surface area (Å²) in [5, 5.41) is 14.0. The standard InChI is InChI=1S/C17H16ClNO4/c1-23-12-8-6-11(7-9-12)15(10-16(20)21)19-17(22)13-4-2-3-5-14(13)18/h2-9,15H,10H2,1H3,(H,19,22)(H,20,21)/p-1. The first-order valence-electron chi connectivity index (χ1n) is 6.90. The highest BCUT2D eigenvalue weighted by molar-refractivity contribution is 6.33. The molecule has 6 heteroatoms. The number of carboxylic acid groups (broad SMARTS) is 1. The third kappa shape index (κ3) is 4.47. The minimum absolute atomic E-state index is 0.283. The van der Waals surface area contributed by atoms with E-state index in [9.17, 15) is 14.7 Å². The average molecular weight is 333 g/mol. The maximum atomic E-state index is 12.3. The molecule has 23 heavy (non-hydrogen) atoms. The summed E-state index contributed by atoms with van der Waals surface area (Å²) in [5.41, 5.74) is 0.918. The molecule has 0 bridgehead atoms. The highest BCUT2D eigenvalue weighted by Gasteiger charge is 2.17. The van der Waals surface area contributed by atoms with Crippen LogP contribution in [0.3, 0.4) is 0 Å². The molecule has 0 spiro atoms. The molecule has 0 aliphatic carbocycles. The lowest BCUT2D eigenvalue weighted by Crippen LogP contribution is -2.34. The third-order valence-corrected chi connectivity index (χ3v) is 3.64. The van der Waals surface area contributed by atoms with Gasteiger partial charge < -0.3 is 20.0 Å². The molecule has 2 rings (SSSR count). The summed E-state index contributed by atoms with van der Waals surface area (Å²) in [6.07, 6.45) is -0.345. The van der Waals surface area contributed by atoms with E-state index in [4.69, 9.17) is 16.3 Å². The fourth-order valence-corrected chi connectivity index (χ4v) is 2.36. The van der Waals surface area contributed by atoms with Crippen molar-refractivity contribution < 1.29 is 19.4 Å². The van der Waals surface area contributed by atoms with Gasteiger partial charge in [0.15, 0.2) is 0 Å². The van der Waals surface area contributed by atoms with E-state index in [-0.39, 0.29) is 12.0 Å². The number of hydrogen-bond donors (Lipinski definition) is 1. The van der Waals surface area contributed by atoms with Gasteiger partial charge in [0.2, 0.25) is 0 Å². The molecule has 2 aromatic carbocycles. The van der Waals surface area contributed by atoms with Crippen LogP contribution >= 0.6 is 11.6 Å². The van der Waals surface area contributed by atoms with Crippen LogP contribution < -0.4 is 15.2 Å². The molecule has 1 N–H and O–H groups in total. The Morgan fingerprint density at radius 2 is 1.83 bits per heavy atom. The molecule has 0 saturated heterocycles. The van der Waals surface area contributed by atoms with Gasteiger partial charge in [-0.05, 0) is 29.8 Å². The molecule has 0 radical (unpaired) electrons. The van der Waals surface area contributed by atoms with E-state index >= 15 is 0 Å². The van der Waals surface area contributed by atoms with Crippen molar-refractivity contribution in [2.24, 2.45) is 0 Å². The number of hydrogen-bond acceptors (Lipinski definition) is 4. The lowest BCUT2D eigenvalue weighted by atomic mass is 10.0. The van der Waals surface area contributed by atoms with Gasteiger partial charge in [0.05, 0.1) is 23.7 Å². The van der Waals surface area contributed by atoms with Crippen LogP contribution in [0.4, 0.5) is 0 Å². The van der Waals surface area contributed by atoms with E-state index in [0.717, 1.165) is 0 Å². The minimum Gasteiger partial charge on any atom is -0.550 e. The summed E-state index contributed by atoms with van der Waals surface area (Å²) < 4.78 is 5.06. The van der Waals surface area contributed by atoms with Gasteiger partial charge >= 0.3 is 0 Å². The Labute approximate surface area is 138 Å². The molecule has 0 fully saturated rings. The predicted molar refractivity (Wildman–Crippen MR) is 84.3 cm³/mol. The Kier molecular flexibility index (Phi) is 5.60. The van der Waals surface area contributed by atoms with Crippen LogP contribution in [0, 0.1) is 0 Å². The summed E-state index contributed by atoms with van der Waals surface area (Å²) in [6.45, 7) is 0. The van der Waals surface area contributed by atoms with Gasteiger partial charge in [-0.25, -0.2) is 0 Å². The number of benzene rings is 2. The first kappa shape index (κ1) is 16.8. The van der Waals surface area contributed by atoms with Crippen molar-refractivity contribution in [1.82, 2.24) is 5.32 Å². The molecule has 0 aliphatic heterocycles. The van der Waals surface area contributed by atoms with Crippen LogP contribution in [0.5, 0.6) is 5.75 Å². The van der Waals surface area contributed by atoms with Crippen molar-refractivity contribution in [3.63, 3.8) is 0 Å². The number of amides is 1. The number of methoxy groups -OCH3 is 1. The average Bonchev–Trinajstić information content (AvgIpc) is 2.54. The predicted octanol–water partition coefficient (Wildman–Crippen LogP) is 1.96. The van der Waals surface area contributed by atoms with E-state index in [1.165, 1.54) is 7.11 Å². The molecule has 1 amide bonds. The first-order chi connectivity index (χ1) is 11.0. The van der Waals surface area contributed by atoms with Crippen molar-refractivity contribution in [3.05, 3.63) is 64.7 Å². The second-order valence-corrected chi connectivity index (χ2v) is 5.26. The lowest BCUT2D eigenvalue weighted by molar-refractivity contribution is -0.306. The van der Waals surface area contributed by atoms with Gasteiger partial charge in [-0.3, -0.25) is 4.79 Å². The molecule has 2 aromatic rings. The summed E-state index contributed by atoms with van der Waals surface area (Å²) >= 11 is 5.99. The van der Waals surface area contributed by atoms with Gasteiger partial charge in [-0.15, -0.1) is 0 Å². The van der Waals surface area contributed by atoms with E-state index < -0.39 is 17.9 Å². The van der Waals surface area contributed by atoms with Crippen LogP contribution in [-0.2, 0) is 4.79 Å². The van der Waals surface area contributed by atoms with Crippen LogP contribution in [0.1, 0.15) is 28.4 Å². The van der Waals surface area contributed by atoms with Gasteiger partial charge in [0.1, 0.15) is 5.75 Å². The first-order valence-corrected chi connectivity index (χ1v) is 7.28. The third-order valence-electron chi connectivity index (χ3n) is 3.31. The minimum atomic E-state index is -1.26. The smallest absolute Gasteiger partial charge is 0.253 e. The largest absolute Gasteiger partial charge is 0.550 e. The second-order valence-electron chi connectivity index (χ2n) is 4.86. The molecule has 120 valence electrons. The van der Waals surface area contributed by atoms with E-state index in [1.54, 1.807) is 48.5 Å². The molecule has 1 atom stereocenters. The summed E-state index contributed by atoms with van der Waals surface area (Å²) in [6, 6.07) is 12.6. The van der Waals surface area contributed by atoms with Crippen molar-refractivity contribution >= 4 is 23.5 Å². The molecule has 0 aliphatic rings. The normalized spacial score (nSPS) is 11.6. The Bertz CT molecular complexity index is 700. The van der Waals surface area contributed by atoms with E-state index in [2.05, 4.69) is 5.32 Å². The second kappa shape index (κ2) is 7.65. The number of rotatable bonds is 6. The van der Waals surface area contributed by atoms with Crippen molar-refractivity contribution in [1.29, 1.82) is 0 Å². The molecule has 5 nitrogen and oxygen atoms in total. The number of carboxylic acids is 1. The van der Waals surface area contributed by atoms with Gasteiger partial charge in [-0.2, -0.15) is 0 Å². The van der Waals surface area contributed by atoms with Crippen molar-refractivity contribution in [3.8, 4) is 5.75 Å². The molecule has 0 aromatic heterocycles. The Morgan fingerprint density at radius 3 is 2.39 bits per heavy atom. The number of halogens is 1. The number of carbonyl (C=O) groups excluding carboxylic acids is 2. The van der Waals surface area contributed by atoms with Crippen LogP contribution in [0.25, 0.3) is 0 Å². The fourth-order valence-electron chi connectivity index (χ4n) is 2.14. The number of carbonyl (C=O) groups is 2. The maximum absolute atomic E-state index is 12.3. The Morgan fingerprint density at radius 1 is 1.17 bits per heavy atom. The lowest BCUT2D eigenvalue weighted by Gasteiger charge is -2.20. The van der Waals surface area contributed by atoms with Gasteiger partial charge in [0, 0.05) is 12.4 Å². The number of nitrogens with one attached hydrogen (secondary N) is 1. The summed E-state index contributed by atoms with van der Waals surface area (Å²) in [7, 11) is 1.53. The molecular formula is C17H15ClNO4-. The monoisotopic (exact) mass is 332 g/mol. The number of aliphatic carboxylic acids is 1. The summed E-state index contributed by atoms with van der Waals surface area (Å²) in [4.78, 5) is 23.3. The SMILES string of the molecule is COc1ccc(C(CC(=O)[O-])NC(=O)c2ccccc2Cl)cc1. The zero-order valence-electron chi connectivity index (χ0n) is 12.4. The van der Waals surface area contributed by atoms with Crippen LogP contribution in [0.2, 0.25) is 5.02 Å². The highest BCUT2D eigenvalue weighted by atomic mass is 35.5. The fraction of sp³-hybridized carbons (Fsp3) is 0.176. The Hall–Kier alpha value is -2.53. The van der Waals surface area contributed by atoms with E-state index in [0.29, 0.717) is 16.3 Å². The topological polar surface area (TPSA) is 78.5 Å². The number of ether oxygens (including phenoxy) is 1. The van der Waals surface area contributed by atoms with Gasteiger partial charge in [0.25, 0.3) is 5.91 Å². The quantitative estimate of drug-likeness (QED) is 0.877. The van der Waals surface area contributed by atoms with Gasteiger partial charge in [-0.1, -0.05) is 35.9 Å². The highest BCUT2D eigenvalue weighted by Crippen LogP contribution is 2.22. The Balaban J connectivity index is 2.23. The van der Waals surface area contributed by atoms with E-state index in [1.807, 2.05) is 0 Å². The van der Waals surface area contributed by atoms with Crippen LogP contribution in [0.15, 0.2) is 48.5 Å². The van der Waals surface area contributed by atoms with Crippen LogP contribution in [-0.4, -0.2) is 19.0 Å².